The number of carbonyl (C=O) groups excluding carboxylic acids is 1. The lowest BCUT2D eigenvalue weighted by molar-refractivity contribution is -0.131. The van der Waals surface area contributed by atoms with E-state index in [0.29, 0.717) is 6.54 Å². The first-order valence-corrected chi connectivity index (χ1v) is 7.43. The molecule has 0 aromatic carbocycles. The number of hydrogen-bond donors (Lipinski definition) is 1. The van der Waals surface area contributed by atoms with Gasteiger partial charge in [0.1, 0.15) is 0 Å². The smallest absolute Gasteiger partial charge is 0.239 e. The van der Waals surface area contributed by atoms with Crippen molar-refractivity contribution in [2.45, 2.75) is 18.9 Å². The minimum Gasteiger partial charge on any atom is -0.344 e. The van der Waals surface area contributed by atoms with Gasteiger partial charge in [0.25, 0.3) is 0 Å². The average molecular weight is 267 g/mol. The third-order valence-electron chi connectivity index (χ3n) is 2.81. The molecule has 1 aromatic heterocycles. The summed E-state index contributed by atoms with van der Waals surface area (Å²) in [6.07, 6.45) is 7.12. The number of nitrogens with two attached hydrogens (primary N) is 1. The van der Waals surface area contributed by atoms with Crippen LogP contribution in [0.4, 0.5) is 0 Å². The fourth-order valence-corrected chi connectivity index (χ4v) is 2.10. The highest BCUT2D eigenvalue weighted by atomic mass is 32.2. The maximum atomic E-state index is 11.9. The van der Waals surface area contributed by atoms with E-state index < -0.39 is 0 Å². The molecule has 0 unspecified atom stereocenters. The predicted octanol–water partition coefficient (Wildman–Crippen LogP) is 1.16. The zero-order valence-corrected chi connectivity index (χ0v) is 11.8. The summed E-state index contributed by atoms with van der Waals surface area (Å²) in [6.45, 7) is 0.690. The topological polar surface area (TPSA) is 59.2 Å². The number of likely N-dealkylation sites (N-methyl/N-ethyl adjacent to an activating group) is 1. The van der Waals surface area contributed by atoms with Crippen LogP contribution in [0.25, 0.3) is 0 Å². The third kappa shape index (κ3) is 5.06. The molecule has 1 atom stereocenters. The molecule has 2 N–H and O–H groups in total. The Morgan fingerprint density at radius 2 is 2.17 bits per heavy atom. The van der Waals surface area contributed by atoms with Gasteiger partial charge in [-0.2, -0.15) is 11.8 Å². The fraction of sp³-hybridized carbons (Fsp3) is 0.538. The lowest BCUT2D eigenvalue weighted by Crippen LogP contribution is -2.42. The first kappa shape index (κ1) is 15.0. The van der Waals surface area contributed by atoms with E-state index in [9.17, 15) is 4.79 Å². The molecule has 0 aliphatic rings. The van der Waals surface area contributed by atoms with Crippen LogP contribution >= 0.6 is 11.8 Å². The molecule has 0 radical (unpaired) electrons. The van der Waals surface area contributed by atoms with E-state index in [1.807, 2.05) is 25.4 Å². The summed E-state index contributed by atoms with van der Waals surface area (Å²) in [5.74, 6) is 0.948. The van der Waals surface area contributed by atoms with Crippen LogP contribution in [0.5, 0.6) is 0 Å². The van der Waals surface area contributed by atoms with E-state index in [4.69, 9.17) is 5.73 Å². The Morgan fingerprint density at radius 3 is 2.78 bits per heavy atom. The highest BCUT2D eigenvalue weighted by molar-refractivity contribution is 7.98. The molecule has 0 fully saturated rings. The number of amides is 1. The van der Waals surface area contributed by atoms with Crippen LogP contribution in [0.15, 0.2) is 24.5 Å². The van der Waals surface area contributed by atoms with Gasteiger partial charge < -0.3 is 10.6 Å². The van der Waals surface area contributed by atoms with Gasteiger partial charge in [-0.25, -0.2) is 0 Å². The first-order valence-electron chi connectivity index (χ1n) is 6.03. The monoisotopic (exact) mass is 267 g/mol. The molecule has 18 heavy (non-hydrogen) atoms. The molecule has 5 heteroatoms. The van der Waals surface area contributed by atoms with Crippen molar-refractivity contribution < 1.29 is 4.79 Å². The maximum absolute atomic E-state index is 11.9. The fourth-order valence-electron chi connectivity index (χ4n) is 1.61. The average Bonchev–Trinajstić information content (AvgIpc) is 2.42. The standard InChI is InChI=1S/C13H21N3OS/c1-16(13(17)12(14)6-10-18-2)9-5-11-3-7-15-8-4-11/h3-4,7-8,12H,5-6,9-10,14H2,1-2H3/t12-/m0/s1. The van der Waals surface area contributed by atoms with Crippen molar-refractivity contribution >= 4 is 17.7 Å². The van der Waals surface area contributed by atoms with Crippen LogP contribution in [0.1, 0.15) is 12.0 Å². The Labute approximate surface area is 113 Å². The molecule has 1 rings (SSSR count). The number of nitrogens with zero attached hydrogens (tertiary/aromatic N) is 2. The van der Waals surface area contributed by atoms with Crippen LogP contribution in [0.2, 0.25) is 0 Å². The van der Waals surface area contributed by atoms with E-state index in [0.717, 1.165) is 18.6 Å². The molecule has 0 aliphatic heterocycles. The number of aromatic nitrogens is 1. The number of carbonyl (C=O) groups is 1. The van der Waals surface area contributed by atoms with Gasteiger partial charge in [0.15, 0.2) is 0 Å². The van der Waals surface area contributed by atoms with Crippen molar-refractivity contribution in [1.82, 2.24) is 9.88 Å². The van der Waals surface area contributed by atoms with Crippen LogP contribution < -0.4 is 5.73 Å². The zero-order valence-electron chi connectivity index (χ0n) is 11.0. The second-order valence-electron chi connectivity index (χ2n) is 4.25. The molecule has 0 aliphatic carbocycles. The summed E-state index contributed by atoms with van der Waals surface area (Å²) in [4.78, 5) is 17.6. The minimum absolute atomic E-state index is 0.0260. The second kappa shape index (κ2) is 8.11. The normalized spacial score (nSPS) is 12.2. The Kier molecular flexibility index (Phi) is 6.75. The van der Waals surface area contributed by atoms with Crippen molar-refractivity contribution in [2.24, 2.45) is 5.73 Å². The largest absolute Gasteiger partial charge is 0.344 e. The molecule has 1 heterocycles. The van der Waals surface area contributed by atoms with Crippen molar-refractivity contribution in [1.29, 1.82) is 0 Å². The summed E-state index contributed by atoms with van der Waals surface area (Å²) in [5.41, 5.74) is 7.04. The number of pyridine rings is 1. The van der Waals surface area contributed by atoms with Gasteiger partial charge >= 0.3 is 0 Å². The molecule has 1 amide bonds. The van der Waals surface area contributed by atoms with Gasteiger partial charge in [-0.1, -0.05) is 0 Å². The summed E-state index contributed by atoms with van der Waals surface area (Å²) in [7, 11) is 1.81. The van der Waals surface area contributed by atoms with Gasteiger partial charge in [-0.15, -0.1) is 0 Å². The summed E-state index contributed by atoms with van der Waals surface area (Å²) < 4.78 is 0. The molecule has 0 saturated carbocycles. The van der Waals surface area contributed by atoms with Gasteiger partial charge in [0.05, 0.1) is 6.04 Å². The van der Waals surface area contributed by atoms with E-state index in [1.165, 1.54) is 5.56 Å². The summed E-state index contributed by atoms with van der Waals surface area (Å²) in [5, 5.41) is 0. The van der Waals surface area contributed by atoms with E-state index >= 15 is 0 Å². The van der Waals surface area contributed by atoms with Crippen LogP contribution in [0, 0.1) is 0 Å². The SMILES string of the molecule is CSCC[C@H](N)C(=O)N(C)CCc1ccncc1. The number of hydrogen-bond acceptors (Lipinski definition) is 4. The minimum atomic E-state index is -0.375. The highest BCUT2D eigenvalue weighted by Crippen LogP contribution is 2.03. The lowest BCUT2D eigenvalue weighted by atomic mass is 10.1. The zero-order chi connectivity index (χ0) is 13.4. The molecule has 0 bridgehead atoms. The van der Waals surface area contributed by atoms with Crippen molar-refractivity contribution in [3.8, 4) is 0 Å². The van der Waals surface area contributed by atoms with Gasteiger partial charge in [-0.3, -0.25) is 9.78 Å². The predicted molar refractivity (Wildman–Crippen MR) is 76.6 cm³/mol. The Bertz CT molecular complexity index is 359. The molecule has 0 spiro atoms. The first-order chi connectivity index (χ1) is 8.65. The van der Waals surface area contributed by atoms with E-state index in [1.54, 1.807) is 29.1 Å². The van der Waals surface area contributed by atoms with Crippen molar-refractivity contribution in [3.05, 3.63) is 30.1 Å². The van der Waals surface area contributed by atoms with Crippen LogP contribution in [-0.4, -0.2) is 47.4 Å². The van der Waals surface area contributed by atoms with Gasteiger partial charge in [0, 0.05) is 26.0 Å². The third-order valence-corrected chi connectivity index (χ3v) is 3.46. The maximum Gasteiger partial charge on any atom is 0.239 e. The van der Waals surface area contributed by atoms with Crippen LogP contribution in [-0.2, 0) is 11.2 Å². The lowest BCUT2D eigenvalue weighted by Gasteiger charge is -2.21. The summed E-state index contributed by atoms with van der Waals surface area (Å²) >= 11 is 1.71. The molecule has 100 valence electrons. The quantitative estimate of drug-likeness (QED) is 0.805. The molecule has 4 nitrogen and oxygen atoms in total. The summed E-state index contributed by atoms with van der Waals surface area (Å²) in [6, 6.07) is 3.55. The Morgan fingerprint density at radius 1 is 1.50 bits per heavy atom. The van der Waals surface area contributed by atoms with E-state index in [2.05, 4.69) is 4.98 Å². The molecule has 1 aromatic rings. The second-order valence-corrected chi connectivity index (χ2v) is 5.24. The van der Waals surface area contributed by atoms with E-state index in [-0.39, 0.29) is 11.9 Å². The van der Waals surface area contributed by atoms with Crippen molar-refractivity contribution in [2.75, 3.05) is 25.6 Å². The Hall–Kier alpha value is -1.07. The number of rotatable bonds is 7. The molecular formula is C13H21N3OS. The molecule has 0 saturated heterocycles. The number of thioether (sulfide) groups is 1. The highest BCUT2D eigenvalue weighted by Gasteiger charge is 2.17. The van der Waals surface area contributed by atoms with Crippen molar-refractivity contribution in [3.63, 3.8) is 0 Å². The Balaban J connectivity index is 2.35. The van der Waals surface area contributed by atoms with Crippen LogP contribution in [0.3, 0.4) is 0 Å². The van der Waals surface area contributed by atoms with Gasteiger partial charge in [0.2, 0.25) is 5.91 Å². The van der Waals surface area contributed by atoms with Gasteiger partial charge in [-0.05, 0) is 42.5 Å². The molecular weight excluding hydrogens is 246 g/mol.